The Morgan fingerprint density at radius 1 is 0.676 bits per heavy atom. The van der Waals surface area contributed by atoms with E-state index in [9.17, 15) is 9.59 Å². The van der Waals surface area contributed by atoms with Crippen molar-refractivity contribution in [1.82, 2.24) is 16.0 Å². The zero-order chi connectivity index (χ0) is 26.1. The van der Waals surface area contributed by atoms with Crippen molar-refractivity contribution < 1.29 is 28.5 Å². The summed E-state index contributed by atoms with van der Waals surface area (Å²) in [5.41, 5.74) is -0.747. The number of rotatable bonds is 21. The van der Waals surface area contributed by atoms with Crippen LogP contribution >= 0.6 is 0 Å². The van der Waals surface area contributed by atoms with Gasteiger partial charge in [0, 0.05) is 25.2 Å². The number of carbonyl (C=O) groups excluding carboxylic acids is 2. The van der Waals surface area contributed by atoms with Crippen LogP contribution < -0.4 is 16.0 Å². The topological polar surface area (TPSA) is 107 Å². The minimum atomic E-state index is -0.515. The van der Waals surface area contributed by atoms with Gasteiger partial charge < -0.3 is 29.6 Å². The Kier molecular flexibility index (Phi) is 16.8. The summed E-state index contributed by atoms with van der Waals surface area (Å²) in [7, 11) is 1.93. The molecule has 0 atom stereocenters. The molecule has 0 heterocycles. The lowest BCUT2D eigenvalue weighted by atomic mass is 9.67. The minimum absolute atomic E-state index is 0.00316. The summed E-state index contributed by atoms with van der Waals surface area (Å²) in [5, 5.41) is 9.36. The summed E-state index contributed by atoms with van der Waals surface area (Å²) in [4.78, 5) is 24.2. The van der Waals surface area contributed by atoms with Crippen molar-refractivity contribution in [3.8, 4) is 0 Å². The number of amides is 1. The van der Waals surface area contributed by atoms with E-state index in [0.717, 1.165) is 13.0 Å². The lowest BCUT2D eigenvalue weighted by Crippen LogP contribution is -2.50. The van der Waals surface area contributed by atoms with Gasteiger partial charge in [0.25, 0.3) is 0 Å². The number of Topliss-reactive ketones (excluding diaryl/α,β-unsaturated/α-hetero) is 1. The van der Waals surface area contributed by atoms with E-state index >= 15 is 0 Å². The van der Waals surface area contributed by atoms with Crippen molar-refractivity contribution in [2.75, 3.05) is 73.0 Å². The number of carbonyl (C=O) groups is 2. The highest BCUT2D eigenvalue weighted by Gasteiger charge is 2.39. The van der Waals surface area contributed by atoms with Crippen LogP contribution in [0.25, 0.3) is 0 Å². The first-order valence-electron chi connectivity index (χ1n) is 12.4. The first-order chi connectivity index (χ1) is 15.8. The van der Waals surface area contributed by atoms with Gasteiger partial charge in [0.05, 0.1) is 32.1 Å². The molecule has 0 aliphatic rings. The van der Waals surface area contributed by atoms with Gasteiger partial charge in [0.15, 0.2) is 5.78 Å². The van der Waals surface area contributed by atoms with Gasteiger partial charge in [-0.05, 0) is 45.7 Å². The van der Waals surface area contributed by atoms with E-state index in [1.54, 1.807) is 0 Å². The van der Waals surface area contributed by atoms with E-state index in [2.05, 4.69) is 29.8 Å². The monoisotopic (exact) mass is 489 g/mol. The highest BCUT2D eigenvalue weighted by Crippen LogP contribution is 2.38. The third-order valence-electron chi connectivity index (χ3n) is 6.23. The van der Waals surface area contributed by atoms with Crippen molar-refractivity contribution in [2.45, 2.75) is 67.0 Å². The molecule has 0 spiro atoms. The summed E-state index contributed by atoms with van der Waals surface area (Å²) in [6, 6.07) is 0. The van der Waals surface area contributed by atoms with Crippen LogP contribution in [-0.2, 0) is 28.5 Å². The second-order valence-electron chi connectivity index (χ2n) is 10.5. The molecule has 0 aromatic heterocycles. The molecule has 0 saturated heterocycles. The lowest BCUT2D eigenvalue weighted by Gasteiger charge is -2.37. The Morgan fingerprint density at radius 2 is 1.18 bits per heavy atom. The number of nitrogens with one attached hydrogen (secondary N) is 3. The predicted octanol–water partition coefficient (Wildman–Crippen LogP) is 2.14. The van der Waals surface area contributed by atoms with E-state index in [1.807, 2.05) is 41.7 Å². The Morgan fingerprint density at radius 3 is 1.68 bits per heavy atom. The zero-order valence-electron chi connectivity index (χ0n) is 22.9. The smallest absolute Gasteiger partial charge is 0.246 e. The molecule has 0 aliphatic carbocycles. The maximum Gasteiger partial charge on any atom is 0.246 e. The molecule has 0 aliphatic heterocycles. The molecule has 202 valence electrons. The maximum absolute atomic E-state index is 12.3. The van der Waals surface area contributed by atoms with Crippen LogP contribution in [0.5, 0.6) is 0 Å². The molecule has 0 radical (unpaired) electrons. The van der Waals surface area contributed by atoms with E-state index in [1.165, 1.54) is 0 Å². The van der Waals surface area contributed by atoms with Crippen molar-refractivity contribution >= 4 is 11.7 Å². The van der Waals surface area contributed by atoms with Crippen LogP contribution in [0.4, 0.5) is 0 Å². The molecule has 0 fully saturated rings. The fraction of sp³-hybridized carbons (Fsp3) is 0.920. The lowest BCUT2D eigenvalue weighted by molar-refractivity contribution is -0.139. The predicted molar refractivity (Wildman–Crippen MR) is 135 cm³/mol. The van der Waals surface area contributed by atoms with E-state index < -0.39 is 5.41 Å². The summed E-state index contributed by atoms with van der Waals surface area (Å²) in [5.74, 6) is -0.234. The third-order valence-corrected chi connectivity index (χ3v) is 6.23. The van der Waals surface area contributed by atoms with Gasteiger partial charge in [-0.3, -0.25) is 14.9 Å². The number of hydrogen-bond acceptors (Lipinski definition) is 8. The number of ketones is 1. The molecule has 0 aromatic rings. The zero-order valence-corrected chi connectivity index (χ0v) is 22.9. The maximum atomic E-state index is 12.3. The third kappa shape index (κ3) is 15.7. The van der Waals surface area contributed by atoms with Crippen LogP contribution in [-0.4, -0.2) is 90.3 Å². The van der Waals surface area contributed by atoms with Gasteiger partial charge in [-0.15, -0.1) is 0 Å². The molecule has 9 nitrogen and oxygen atoms in total. The molecule has 9 heteroatoms. The Labute approximate surface area is 207 Å². The molecular weight excluding hydrogens is 438 g/mol. The summed E-state index contributed by atoms with van der Waals surface area (Å²) < 4.78 is 21.8. The van der Waals surface area contributed by atoms with E-state index in [4.69, 9.17) is 18.9 Å². The number of hydrogen-bond donors (Lipinski definition) is 3. The Bertz CT molecular complexity index is 561. The van der Waals surface area contributed by atoms with Crippen molar-refractivity contribution in [1.29, 1.82) is 0 Å². The second-order valence-corrected chi connectivity index (χ2v) is 10.5. The summed E-state index contributed by atoms with van der Waals surface area (Å²) in [6.45, 7) is 18.7. The van der Waals surface area contributed by atoms with Crippen molar-refractivity contribution in [2.24, 2.45) is 10.8 Å². The van der Waals surface area contributed by atoms with E-state index in [0.29, 0.717) is 52.6 Å². The molecule has 0 unspecified atom stereocenters. The molecular formula is C25H51N3O6. The van der Waals surface area contributed by atoms with Gasteiger partial charge in [-0.2, -0.15) is 0 Å². The van der Waals surface area contributed by atoms with Gasteiger partial charge in [0.2, 0.25) is 5.91 Å². The van der Waals surface area contributed by atoms with Crippen molar-refractivity contribution in [3.05, 3.63) is 0 Å². The fourth-order valence-electron chi connectivity index (χ4n) is 2.49. The van der Waals surface area contributed by atoms with E-state index in [-0.39, 0.29) is 36.0 Å². The molecule has 3 N–H and O–H groups in total. The Hall–Kier alpha value is -1.10. The summed E-state index contributed by atoms with van der Waals surface area (Å²) >= 11 is 0. The number of ether oxygens (including phenoxy) is 4. The molecule has 1 amide bonds. The quantitative estimate of drug-likeness (QED) is 0.166. The first kappa shape index (κ1) is 32.9. The fourth-order valence-corrected chi connectivity index (χ4v) is 2.49. The SMILES string of the molecule is CNC(C)(C)NCCCOCCOCCOCCCNC(=O)COCC(=O)C(C)(C)C(C)(C)C. The van der Waals surface area contributed by atoms with Gasteiger partial charge in [-0.1, -0.05) is 34.6 Å². The second kappa shape index (κ2) is 17.3. The van der Waals surface area contributed by atoms with Crippen LogP contribution in [0.1, 0.15) is 61.3 Å². The molecule has 0 rings (SSSR count). The highest BCUT2D eigenvalue weighted by atomic mass is 16.5. The molecule has 0 bridgehead atoms. The highest BCUT2D eigenvalue weighted by molar-refractivity contribution is 5.86. The largest absolute Gasteiger partial charge is 0.379 e. The molecule has 34 heavy (non-hydrogen) atoms. The van der Waals surface area contributed by atoms with Crippen LogP contribution in [0.3, 0.4) is 0 Å². The van der Waals surface area contributed by atoms with Crippen LogP contribution in [0.15, 0.2) is 0 Å². The standard InChI is InChI=1S/C25H51N3O6/c1-23(2,3)24(4,5)21(29)19-34-20-22(30)27-11-9-13-31-15-17-33-18-16-32-14-10-12-28-25(6,7)26-8/h26,28H,9-20H2,1-8H3,(H,27,30). The van der Waals surface area contributed by atoms with Gasteiger partial charge in [-0.25, -0.2) is 0 Å². The normalized spacial score (nSPS) is 12.7. The van der Waals surface area contributed by atoms with Crippen molar-refractivity contribution in [3.63, 3.8) is 0 Å². The average molecular weight is 490 g/mol. The first-order valence-corrected chi connectivity index (χ1v) is 12.4. The summed E-state index contributed by atoms with van der Waals surface area (Å²) in [6.07, 6.45) is 1.65. The van der Waals surface area contributed by atoms with Gasteiger partial charge >= 0.3 is 0 Å². The molecule has 0 aromatic carbocycles. The minimum Gasteiger partial charge on any atom is -0.379 e. The average Bonchev–Trinajstić information content (AvgIpc) is 2.75. The Balaban J connectivity index is 3.47. The van der Waals surface area contributed by atoms with Gasteiger partial charge in [0.1, 0.15) is 13.2 Å². The van der Waals surface area contributed by atoms with Crippen LogP contribution in [0.2, 0.25) is 0 Å². The molecule has 0 saturated carbocycles. The van der Waals surface area contributed by atoms with Crippen LogP contribution in [0, 0.1) is 10.8 Å².